The minimum absolute atomic E-state index is 0.0610. The summed E-state index contributed by atoms with van der Waals surface area (Å²) in [4.78, 5) is 0. The Balaban J connectivity index is 2.53. The second-order valence-electron chi connectivity index (χ2n) is 4.43. The highest BCUT2D eigenvalue weighted by molar-refractivity contribution is 6.30. The normalized spacial score (nSPS) is 12.5. The van der Waals surface area contributed by atoms with Gasteiger partial charge in [0.05, 0.1) is 11.1 Å². The van der Waals surface area contributed by atoms with E-state index in [0.717, 1.165) is 5.56 Å². The molecule has 0 aliphatic rings. The molecule has 19 heavy (non-hydrogen) atoms. The van der Waals surface area contributed by atoms with Gasteiger partial charge in [-0.05, 0) is 43.3 Å². The fourth-order valence-electron chi connectivity index (χ4n) is 2.18. The largest absolute Gasteiger partial charge is 0.309 e. The van der Waals surface area contributed by atoms with Gasteiger partial charge in [-0.25, -0.2) is 8.78 Å². The van der Waals surface area contributed by atoms with Crippen molar-refractivity contribution in [3.63, 3.8) is 0 Å². The number of nitrogens with one attached hydrogen (secondary N) is 1. The van der Waals surface area contributed by atoms with Crippen molar-refractivity contribution < 1.29 is 8.78 Å². The van der Waals surface area contributed by atoms with Gasteiger partial charge in [-0.2, -0.15) is 0 Å². The van der Waals surface area contributed by atoms with E-state index in [2.05, 4.69) is 5.32 Å². The SMILES string of the molecule is CNC(c1cc(C)cc(F)c1)c1cccc(Cl)c1F. The smallest absolute Gasteiger partial charge is 0.146 e. The van der Waals surface area contributed by atoms with Crippen LogP contribution in [0.1, 0.15) is 22.7 Å². The van der Waals surface area contributed by atoms with Gasteiger partial charge in [-0.3, -0.25) is 0 Å². The van der Waals surface area contributed by atoms with Crippen LogP contribution in [0.3, 0.4) is 0 Å². The van der Waals surface area contributed by atoms with Crippen molar-refractivity contribution in [3.05, 3.63) is 69.7 Å². The van der Waals surface area contributed by atoms with Crippen LogP contribution in [0.4, 0.5) is 8.78 Å². The predicted molar refractivity (Wildman–Crippen MR) is 73.4 cm³/mol. The summed E-state index contributed by atoms with van der Waals surface area (Å²) in [5.41, 5.74) is 1.86. The molecular weight excluding hydrogens is 268 g/mol. The zero-order chi connectivity index (χ0) is 14.0. The Morgan fingerprint density at radius 3 is 2.53 bits per heavy atom. The Bertz CT molecular complexity index is 578. The summed E-state index contributed by atoms with van der Waals surface area (Å²) in [6.45, 7) is 1.80. The molecule has 0 heterocycles. The second kappa shape index (κ2) is 5.68. The molecule has 0 fully saturated rings. The topological polar surface area (TPSA) is 12.0 Å². The Hall–Kier alpha value is -1.45. The Morgan fingerprint density at radius 2 is 1.89 bits per heavy atom. The maximum Gasteiger partial charge on any atom is 0.146 e. The molecule has 100 valence electrons. The van der Waals surface area contributed by atoms with Gasteiger partial charge in [0.25, 0.3) is 0 Å². The molecule has 2 aromatic rings. The van der Waals surface area contributed by atoms with Crippen LogP contribution in [-0.2, 0) is 0 Å². The average Bonchev–Trinajstić information content (AvgIpc) is 2.34. The molecule has 0 spiro atoms. The molecule has 1 atom stereocenters. The molecule has 1 N–H and O–H groups in total. The lowest BCUT2D eigenvalue weighted by molar-refractivity contribution is 0.571. The first-order chi connectivity index (χ1) is 9.02. The van der Waals surface area contributed by atoms with Crippen LogP contribution in [0, 0.1) is 18.6 Å². The van der Waals surface area contributed by atoms with Gasteiger partial charge >= 0.3 is 0 Å². The van der Waals surface area contributed by atoms with E-state index in [1.807, 2.05) is 6.07 Å². The average molecular weight is 282 g/mol. The zero-order valence-corrected chi connectivity index (χ0v) is 11.4. The molecule has 2 rings (SSSR count). The maximum absolute atomic E-state index is 14.1. The van der Waals surface area contributed by atoms with Crippen LogP contribution in [-0.4, -0.2) is 7.05 Å². The summed E-state index contributed by atoms with van der Waals surface area (Å²) in [6.07, 6.45) is 0. The van der Waals surface area contributed by atoms with Gasteiger partial charge in [0.2, 0.25) is 0 Å². The number of hydrogen-bond acceptors (Lipinski definition) is 1. The van der Waals surface area contributed by atoms with Gasteiger partial charge in [0.1, 0.15) is 11.6 Å². The fourth-order valence-corrected chi connectivity index (χ4v) is 2.36. The third-order valence-corrected chi connectivity index (χ3v) is 3.27. The minimum Gasteiger partial charge on any atom is -0.309 e. The van der Waals surface area contributed by atoms with Crippen LogP contribution in [0.25, 0.3) is 0 Å². The number of rotatable bonds is 3. The first-order valence-electron chi connectivity index (χ1n) is 5.91. The maximum atomic E-state index is 14.1. The van der Waals surface area contributed by atoms with Crippen LogP contribution < -0.4 is 5.32 Å². The summed E-state index contributed by atoms with van der Waals surface area (Å²) in [7, 11) is 1.70. The molecule has 0 radical (unpaired) electrons. The lowest BCUT2D eigenvalue weighted by atomic mass is 9.97. The summed E-state index contributed by atoms with van der Waals surface area (Å²) >= 11 is 5.79. The van der Waals surface area contributed by atoms with E-state index in [4.69, 9.17) is 11.6 Å². The number of halogens is 3. The van der Waals surface area contributed by atoms with E-state index < -0.39 is 11.9 Å². The van der Waals surface area contributed by atoms with E-state index in [0.29, 0.717) is 11.1 Å². The lowest BCUT2D eigenvalue weighted by Crippen LogP contribution is -2.19. The molecule has 1 nitrogen and oxygen atoms in total. The Labute approximate surface area is 116 Å². The summed E-state index contributed by atoms with van der Waals surface area (Å²) in [5.74, 6) is -0.817. The van der Waals surface area contributed by atoms with E-state index in [1.54, 1.807) is 26.1 Å². The monoisotopic (exact) mass is 281 g/mol. The third-order valence-electron chi connectivity index (χ3n) is 2.98. The van der Waals surface area contributed by atoms with Gasteiger partial charge in [0, 0.05) is 5.56 Å². The van der Waals surface area contributed by atoms with Crippen molar-refractivity contribution in [1.29, 1.82) is 0 Å². The van der Waals surface area contributed by atoms with Crippen LogP contribution in [0.5, 0.6) is 0 Å². The van der Waals surface area contributed by atoms with Crippen molar-refractivity contribution in [2.24, 2.45) is 0 Å². The zero-order valence-electron chi connectivity index (χ0n) is 10.7. The summed E-state index contributed by atoms with van der Waals surface area (Å²) in [5, 5.41) is 3.05. The third kappa shape index (κ3) is 2.94. The Morgan fingerprint density at radius 1 is 1.16 bits per heavy atom. The molecule has 0 amide bonds. The molecule has 4 heteroatoms. The molecule has 0 aliphatic carbocycles. The number of benzene rings is 2. The number of aryl methyl sites for hydroxylation is 1. The van der Waals surface area contributed by atoms with Crippen molar-refractivity contribution in [2.45, 2.75) is 13.0 Å². The first kappa shape index (κ1) is 14.0. The standard InChI is InChI=1S/C15H14ClF2N/c1-9-6-10(8-11(17)7-9)15(19-2)12-4-3-5-13(16)14(12)18/h3-8,15,19H,1-2H3. The van der Waals surface area contributed by atoms with Crippen molar-refractivity contribution in [2.75, 3.05) is 7.05 Å². The highest BCUT2D eigenvalue weighted by Gasteiger charge is 2.18. The molecule has 2 aromatic carbocycles. The molecular formula is C15H14ClF2N. The van der Waals surface area contributed by atoms with E-state index >= 15 is 0 Å². The van der Waals surface area contributed by atoms with Gasteiger partial charge in [0.15, 0.2) is 0 Å². The molecule has 0 bridgehead atoms. The molecule has 0 saturated heterocycles. The highest BCUT2D eigenvalue weighted by atomic mass is 35.5. The first-order valence-corrected chi connectivity index (χ1v) is 6.29. The molecule has 0 aliphatic heterocycles. The van der Waals surface area contributed by atoms with Gasteiger partial charge in [-0.1, -0.05) is 29.8 Å². The second-order valence-corrected chi connectivity index (χ2v) is 4.83. The summed E-state index contributed by atoms with van der Waals surface area (Å²) in [6, 6.07) is 9.03. The van der Waals surface area contributed by atoms with Crippen molar-refractivity contribution >= 4 is 11.6 Å². The lowest BCUT2D eigenvalue weighted by Gasteiger charge is -2.19. The van der Waals surface area contributed by atoms with Crippen LogP contribution in [0.2, 0.25) is 5.02 Å². The molecule has 0 saturated carbocycles. The molecule has 1 unspecified atom stereocenters. The van der Waals surface area contributed by atoms with Crippen molar-refractivity contribution in [3.8, 4) is 0 Å². The Kier molecular flexibility index (Phi) is 4.17. The quantitative estimate of drug-likeness (QED) is 0.887. The van der Waals surface area contributed by atoms with Gasteiger partial charge in [-0.15, -0.1) is 0 Å². The van der Waals surface area contributed by atoms with Crippen molar-refractivity contribution in [1.82, 2.24) is 5.32 Å². The van der Waals surface area contributed by atoms with Crippen LogP contribution in [0.15, 0.2) is 36.4 Å². The number of hydrogen-bond donors (Lipinski definition) is 1. The van der Waals surface area contributed by atoms with E-state index in [9.17, 15) is 8.78 Å². The minimum atomic E-state index is -0.481. The highest BCUT2D eigenvalue weighted by Crippen LogP contribution is 2.28. The predicted octanol–water partition coefficient (Wildman–Crippen LogP) is 4.24. The van der Waals surface area contributed by atoms with E-state index in [1.165, 1.54) is 18.2 Å². The fraction of sp³-hybridized carbons (Fsp3) is 0.200. The molecule has 0 aromatic heterocycles. The van der Waals surface area contributed by atoms with Crippen LogP contribution >= 0.6 is 11.6 Å². The summed E-state index contributed by atoms with van der Waals surface area (Å²) < 4.78 is 27.5. The van der Waals surface area contributed by atoms with Gasteiger partial charge < -0.3 is 5.32 Å². The van der Waals surface area contributed by atoms with E-state index in [-0.39, 0.29) is 10.8 Å².